The summed E-state index contributed by atoms with van der Waals surface area (Å²) in [7, 11) is 0. The van der Waals surface area contributed by atoms with Crippen LogP contribution in [0.2, 0.25) is 0 Å². The molecule has 1 aromatic carbocycles. The van der Waals surface area contributed by atoms with E-state index in [1.54, 1.807) is 0 Å². The van der Waals surface area contributed by atoms with E-state index < -0.39 is 0 Å². The van der Waals surface area contributed by atoms with Gasteiger partial charge in [-0.05, 0) is 24.8 Å². The molecule has 0 aliphatic rings. The molecule has 0 atom stereocenters. The quantitative estimate of drug-likeness (QED) is 0.603. The summed E-state index contributed by atoms with van der Waals surface area (Å²) in [6.45, 7) is 9.37. The smallest absolute Gasteiger partial charge is 0.0244 e. The van der Waals surface area contributed by atoms with Crippen molar-refractivity contribution >= 4 is 0 Å². The summed E-state index contributed by atoms with van der Waals surface area (Å²) in [6, 6.07) is 10.5. The lowest BCUT2D eigenvalue weighted by atomic mass is 10.1. The third-order valence-corrected chi connectivity index (χ3v) is 1.97. The topological polar surface area (TPSA) is 0 Å². The predicted octanol–water partition coefficient (Wildman–Crippen LogP) is 4.78. The molecule has 0 aliphatic heterocycles. The number of rotatable bonds is 5. The predicted molar refractivity (Wildman–Crippen MR) is 70.1 cm³/mol. The van der Waals surface area contributed by atoms with Gasteiger partial charge in [-0.1, -0.05) is 55.8 Å². The van der Waals surface area contributed by atoms with Crippen LogP contribution in [0, 0.1) is 0 Å². The van der Waals surface area contributed by atoms with E-state index in [4.69, 9.17) is 0 Å². The van der Waals surface area contributed by atoms with Crippen molar-refractivity contribution < 1.29 is 0 Å². The van der Waals surface area contributed by atoms with E-state index in [0.29, 0.717) is 0 Å². The number of hydrogen-bond donors (Lipinski definition) is 0. The SMILES string of the molecule is C=CCCC.C=CCCc1ccccc1. The van der Waals surface area contributed by atoms with Crippen LogP contribution in [-0.2, 0) is 6.42 Å². The lowest BCUT2D eigenvalue weighted by molar-refractivity contribution is 0.961. The van der Waals surface area contributed by atoms with E-state index in [1.807, 2.05) is 18.2 Å². The van der Waals surface area contributed by atoms with Gasteiger partial charge in [-0.25, -0.2) is 0 Å². The fourth-order valence-corrected chi connectivity index (χ4v) is 1.12. The van der Waals surface area contributed by atoms with E-state index in [2.05, 4.69) is 44.3 Å². The molecule has 0 aliphatic carbocycles. The zero-order valence-corrected chi connectivity index (χ0v) is 9.78. The first kappa shape index (κ1) is 13.7. The van der Waals surface area contributed by atoms with Crippen molar-refractivity contribution in [2.24, 2.45) is 0 Å². The summed E-state index contributed by atoms with van der Waals surface area (Å²) in [5, 5.41) is 0. The van der Waals surface area contributed by atoms with Crippen molar-refractivity contribution in [3.05, 3.63) is 61.2 Å². The Balaban J connectivity index is 0.000000336. The Morgan fingerprint density at radius 2 is 1.60 bits per heavy atom. The highest BCUT2D eigenvalue weighted by atomic mass is 13.9. The second-order valence-corrected chi connectivity index (χ2v) is 3.39. The molecule has 0 heteroatoms. The maximum absolute atomic E-state index is 3.68. The summed E-state index contributed by atoms with van der Waals surface area (Å²) in [4.78, 5) is 0. The molecule has 1 rings (SSSR count). The Bertz CT molecular complexity index is 246. The molecule has 0 N–H and O–H groups in total. The van der Waals surface area contributed by atoms with Crippen LogP contribution in [0.1, 0.15) is 31.7 Å². The van der Waals surface area contributed by atoms with Gasteiger partial charge in [0.1, 0.15) is 0 Å². The van der Waals surface area contributed by atoms with Crippen LogP contribution in [0.3, 0.4) is 0 Å². The van der Waals surface area contributed by atoms with Gasteiger partial charge in [-0.2, -0.15) is 0 Å². The number of hydrogen-bond acceptors (Lipinski definition) is 0. The molecule has 82 valence electrons. The average molecular weight is 202 g/mol. The molecular formula is C15H22. The molecule has 0 amide bonds. The Kier molecular flexibility index (Phi) is 9.84. The summed E-state index contributed by atoms with van der Waals surface area (Å²) >= 11 is 0. The number of unbranched alkanes of at least 4 members (excludes halogenated alkanes) is 1. The minimum Gasteiger partial charge on any atom is -0.103 e. The summed E-state index contributed by atoms with van der Waals surface area (Å²) in [5.74, 6) is 0. The Morgan fingerprint density at radius 3 is 2.00 bits per heavy atom. The van der Waals surface area contributed by atoms with E-state index in [-0.39, 0.29) is 0 Å². The summed E-state index contributed by atoms with van der Waals surface area (Å²) in [6.07, 6.45) is 8.45. The number of benzene rings is 1. The number of allylic oxidation sites excluding steroid dienone is 2. The van der Waals surface area contributed by atoms with Crippen LogP contribution >= 0.6 is 0 Å². The molecular weight excluding hydrogens is 180 g/mol. The van der Waals surface area contributed by atoms with Crippen molar-refractivity contribution in [1.29, 1.82) is 0 Å². The Morgan fingerprint density at radius 1 is 1.00 bits per heavy atom. The highest BCUT2D eigenvalue weighted by Gasteiger charge is 1.85. The second kappa shape index (κ2) is 10.8. The van der Waals surface area contributed by atoms with Crippen LogP contribution in [0.15, 0.2) is 55.6 Å². The largest absolute Gasteiger partial charge is 0.103 e. The van der Waals surface area contributed by atoms with Gasteiger partial charge >= 0.3 is 0 Å². The molecule has 0 bridgehead atoms. The molecule has 0 radical (unpaired) electrons. The minimum atomic E-state index is 1.07. The van der Waals surface area contributed by atoms with Gasteiger partial charge in [0.2, 0.25) is 0 Å². The van der Waals surface area contributed by atoms with Crippen molar-refractivity contribution in [3.8, 4) is 0 Å². The van der Waals surface area contributed by atoms with E-state index >= 15 is 0 Å². The fourth-order valence-electron chi connectivity index (χ4n) is 1.12. The van der Waals surface area contributed by atoms with Crippen LogP contribution in [0.25, 0.3) is 0 Å². The monoisotopic (exact) mass is 202 g/mol. The van der Waals surface area contributed by atoms with Gasteiger partial charge in [-0.3, -0.25) is 0 Å². The molecule has 0 nitrogen and oxygen atoms in total. The first-order valence-electron chi connectivity index (χ1n) is 5.60. The lowest BCUT2D eigenvalue weighted by Gasteiger charge is -1.94. The second-order valence-electron chi connectivity index (χ2n) is 3.39. The standard InChI is InChI=1S/C10H12.C5H10/c1-2-3-7-10-8-5-4-6-9-10;1-3-5-4-2/h2,4-6,8-9H,1,3,7H2;3H,1,4-5H2,2H3. The molecule has 0 spiro atoms. The van der Waals surface area contributed by atoms with Gasteiger partial charge in [0, 0.05) is 0 Å². The highest BCUT2D eigenvalue weighted by molar-refractivity contribution is 5.14. The average Bonchev–Trinajstić information content (AvgIpc) is 2.30. The summed E-state index contributed by atoms with van der Waals surface area (Å²) < 4.78 is 0. The molecule has 0 unspecified atom stereocenters. The first-order chi connectivity index (χ1) is 7.35. The fraction of sp³-hybridized carbons (Fsp3) is 0.333. The van der Waals surface area contributed by atoms with Crippen molar-refractivity contribution in [3.63, 3.8) is 0 Å². The molecule has 15 heavy (non-hydrogen) atoms. The zero-order chi connectivity index (χ0) is 11.4. The van der Waals surface area contributed by atoms with Gasteiger partial charge in [0.25, 0.3) is 0 Å². The van der Waals surface area contributed by atoms with E-state index in [9.17, 15) is 0 Å². The number of aryl methyl sites for hydroxylation is 1. The Hall–Kier alpha value is -1.30. The molecule has 0 saturated heterocycles. The Labute approximate surface area is 94.3 Å². The molecule has 0 aromatic heterocycles. The minimum absolute atomic E-state index is 1.07. The van der Waals surface area contributed by atoms with Crippen LogP contribution in [-0.4, -0.2) is 0 Å². The normalized spacial score (nSPS) is 8.60. The van der Waals surface area contributed by atoms with Gasteiger partial charge in [0.15, 0.2) is 0 Å². The third-order valence-electron chi connectivity index (χ3n) is 1.97. The highest BCUT2D eigenvalue weighted by Crippen LogP contribution is 2.01. The molecule has 0 fully saturated rings. The van der Waals surface area contributed by atoms with Crippen molar-refractivity contribution in [2.75, 3.05) is 0 Å². The van der Waals surface area contributed by atoms with Crippen molar-refractivity contribution in [1.82, 2.24) is 0 Å². The van der Waals surface area contributed by atoms with Crippen LogP contribution < -0.4 is 0 Å². The molecule has 0 saturated carbocycles. The third kappa shape index (κ3) is 9.01. The van der Waals surface area contributed by atoms with Gasteiger partial charge < -0.3 is 0 Å². The van der Waals surface area contributed by atoms with Crippen LogP contribution in [0.4, 0.5) is 0 Å². The maximum atomic E-state index is 3.68. The van der Waals surface area contributed by atoms with Crippen LogP contribution in [0.5, 0.6) is 0 Å². The van der Waals surface area contributed by atoms with Gasteiger partial charge in [0.05, 0.1) is 0 Å². The van der Waals surface area contributed by atoms with E-state index in [0.717, 1.165) is 19.3 Å². The molecule has 1 aromatic rings. The summed E-state index contributed by atoms with van der Waals surface area (Å²) in [5.41, 5.74) is 1.39. The maximum Gasteiger partial charge on any atom is -0.0244 e. The van der Waals surface area contributed by atoms with Crippen molar-refractivity contribution in [2.45, 2.75) is 32.6 Å². The lowest BCUT2D eigenvalue weighted by Crippen LogP contribution is -1.79. The van der Waals surface area contributed by atoms with Gasteiger partial charge in [-0.15, -0.1) is 13.2 Å². The molecule has 0 heterocycles. The van der Waals surface area contributed by atoms with E-state index in [1.165, 1.54) is 12.0 Å². The first-order valence-corrected chi connectivity index (χ1v) is 5.60. The zero-order valence-electron chi connectivity index (χ0n) is 9.78.